The maximum absolute atomic E-state index is 4.74. The van der Waals surface area contributed by atoms with E-state index in [-0.39, 0.29) is 0 Å². The van der Waals surface area contributed by atoms with Crippen LogP contribution in [0, 0.1) is 13.8 Å². The minimum absolute atomic E-state index is 0.373. The van der Waals surface area contributed by atoms with E-state index in [9.17, 15) is 0 Å². The number of benzene rings is 1. The van der Waals surface area contributed by atoms with Crippen molar-refractivity contribution >= 4 is 27.3 Å². The zero-order chi connectivity index (χ0) is 14.7. The molecule has 1 atom stereocenters. The second-order valence-corrected chi connectivity index (χ2v) is 6.99. The zero-order valence-electron chi connectivity index (χ0n) is 12.5. The first-order valence-corrected chi connectivity index (χ1v) is 8.61. The third-order valence-corrected chi connectivity index (χ3v) is 5.61. The molecule has 2 aromatic rings. The molecule has 0 fully saturated rings. The van der Waals surface area contributed by atoms with Crippen LogP contribution in [-0.4, -0.2) is 11.5 Å². The van der Waals surface area contributed by atoms with Crippen LogP contribution in [0.5, 0.6) is 0 Å². The second-order valence-electron chi connectivity index (χ2n) is 5.11. The molecule has 0 saturated carbocycles. The van der Waals surface area contributed by atoms with Crippen LogP contribution in [0.2, 0.25) is 0 Å². The summed E-state index contributed by atoms with van der Waals surface area (Å²) in [5, 5.41) is 4.65. The summed E-state index contributed by atoms with van der Waals surface area (Å²) in [6, 6.07) is 6.79. The van der Waals surface area contributed by atoms with Crippen molar-refractivity contribution in [3.63, 3.8) is 0 Å². The van der Waals surface area contributed by atoms with E-state index in [1.807, 2.05) is 0 Å². The van der Waals surface area contributed by atoms with Gasteiger partial charge in [-0.2, -0.15) is 0 Å². The van der Waals surface area contributed by atoms with Crippen molar-refractivity contribution in [3.8, 4) is 10.6 Å². The van der Waals surface area contributed by atoms with Crippen LogP contribution in [0.3, 0.4) is 0 Å². The number of hydrogen-bond acceptors (Lipinski definition) is 3. The molecule has 1 unspecified atom stereocenters. The Balaban J connectivity index is 2.28. The van der Waals surface area contributed by atoms with Crippen molar-refractivity contribution in [3.05, 3.63) is 38.8 Å². The fourth-order valence-corrected chi connectivity index (χ4v) is 3.50. The fourth-order valence-electron chi connectivity index (χ4n) is 2.16. The van der Waals surface area contributed by atoms with Gasteiger partial charge in [-0.3, -0.25) is 0 Å². The molecule has 0 aliphatic rings. The average molecular weight is 353 g/mol. The van der Waals surface area contributed by atoms with E-state index in [0.29, 0.717) is 6.04 Å². The smallest absolute Gasteiger partial charge is 0.123 e. The van der Waals surface area contributed by atoms with Crippen molar-refractivity contribution in [1.29, 1.82) is 0 Å². The number of hydrogen-bond donors (Lipinski definition) is 1. The van der Waals surface area contributed by atoms with Crippen LogP contribution < -0.4 is 5.32 Å². The summed E-state index contributed by atoms with van der Waals surface area (Å²) in [5.41, 5.74) is 3.59. The summed E-state index contributed by atoms with van der Waals surface area (Å²) in [5.74, 6) is 0. The summed E-state index contributed by atoms with van der Waals surface area (Å²) in [6.45, 7) is 9.67. The molecular formula is C16H21BrN2S. The summed E-state index contributed by atoms with van der Waals surface area (Å²) in [7, 11) is 0. The van der Waals surface area contributed by atoms with E-state index in [1.54, 1.807) is 11.3 Å². The summed E-state index contributed by atoms with van der Waals surface area (Å²) >= 11 is 5.34. The van der Waals surface area contributed by atoms with E-state index in [1.165, 1.54) is 16.0 Å². The molecule has 2 rings (SSSR count). The molecule has 20 heavy (non-hydrogen) atoms. The van der Waals surface area contributed by atoms with Crippen LogP contribution in [0.4, 0.5) is 0 Å². The lowest BCUT2D eigenvalue weighted by atomic mass is 10.1. The van der Waals surface area contributed by atoms with Crippen molar-refractivity contribution in [2.45, 2.75) is 40.2 Å². The quantitative estimate of drug-likeness (QED) is 0.794. The topological polar surface area (TPSA) is 24.9 Å². The Bertz CT molecular complexity index is 592. The van der Waals surface area contributed by atoms with Gasteiger partial charge in [0.1, 0.15) is 5.01 Å². The highest BCUT2D eigenvalue weighted by Gasteiger charge is 2.15. The molecule has 0 saturated heterocycles. The summed E-state index contributed by atoms with van der Waals surface area (Å²) in [6.07, 6.45) is 1.15. The average Bonchev–Trinajstić information content (AvgIpc) is 2.81. The second kappa shape index (κ2) is 6.83. The van der Waals surface area contributed by atoms with E-state index in [0.717, 1.165) is 28.1 Å². The highest BCUT2D eigenvalue weighted by Crippen LogP contribution is 2.33. The molecule has 2 nitrogen and oxygen atoms in total. The lowest BCUT2D eigenvalue weighted by molar-refractivity contribution is 0.575. The highest BCUT2D eigenvalue weighted by molar-refractivity contribution is 9.10. The molecule has 1 heterocycles. The molecule has 0 bridgehead atoms. The molecule has 4 heteroatoms. The molecule has 1 N–H and O–H groups in total. The molecule has 0 amide bonds. The maximum Gasteiger partial charge on any atom is 0.123 e. The van der Waals surface area contributed by atoms with Gasteiger partial charge in [0.25, 0.3) is 0 Å². The zero-order valence-corrected chi connectivity index (χ0v) is 14.9. The SMILES string of the molecule is CCCNC(C)c1sc(-c2ccc(Br)c(C)c2)nc1C. The predicted octanol–water partition coefficient (Wildman–Crippen LogP) is 5.25. The Morgan fingerprint density at radius 3 is 2.75 bits per heavy atom. The first-order valence-electron chi connectivity index (χ1n) is 7.00. The molecular weight excluding hydrogens is 332 g/mol. The number of aryl methyl sites for hydroxylation is 2. The number of aromatic nitrogens is 1. The lowest BCUT2D eigenvalue weighted by Crippen LogP contribution is -2.18. The number of nitrogens with one attached hydrogen (secondary N) is 1. The fraction of sp³-hybridized carbons (Fsp3) is 0.438. The maximum atomic E-state index is 4.74. The lowest BCUT2D eigenvalue weighted by Gasteiger charge is -2.11. The predicted molar refractivity (Wildman–Crippen MR) is 91.4 cm³/mol. The Morgan fingerprint density at radius 2 is 2.10 bits per heavy atom. The Kier molecular flexibility index (Phi) is 5.35. The van der Waals surface area contributed by atoms with Crippen LogP contribution >= 0.6 is 27.3 Å². The highest BCUT2D eigenvalue weighted by atomic mass is 79.9. The van der Waals surface area contributed by atoms with Crippen molar-refractivity contribution in [2.24, 2.45) is 0 Å². The minimum atomic E-state index is 0.373. The first kappa shape index (κ1) is 15.7. The van der Waals surface area contributed by atoms with Crippen molar-refractivity contribution in [1.82, 2.24) is 10.3 Å². The van der Waals surface area contributed by atoms with E-state index >= 15 is 0 Å². The molecule has 0 aliphatic carbocycles. The van der Waals surface area contributed by atoms with Crippen LogP contribution in [0.1, 0.15) is 42.4 Å². The Hall–Kier alpha value is -0.710. The monoisotopic (exact) mass is 352 g/mol. The van der Waals surface area contributed by atoms with Crippen LogP contribution in [0.25, 0.3) is 10.6 Å². The van der Waals surface area contributed by atoms with Gasteiger partial charge in [-0.25, -0.2) is 4.98 Å². The van der Waals surface area contributed by atoms with Gasteiger partial charge < -0.3 is 5.32 Å². The van der Waals surface area contributed by atoms with Gasteiger partial charge in [-0.15, -0.1) is 11.3 Å². The Labute approximate surface area is 133 Å². The molecule has 108 valence electrons. The van der Waals surface area contributed by atoms with E-state index in [2.05, 4.69) is 67.1 Å². The molecule has 0 aliphatic heterocycles. The third-order valence-electron chi connectivity index (χ3n) is 3.33. The van der Waals surface area contributed by atoms with Crippen molar-refractivity contribution < 1.29 is 0 Å². The number of thiazole rings is 1. The Morgan fingerprint density at radius 1 is 1.35 bits per heavy atom. The van der Waals surface area contributed by atoms with Gasteiger partial charge in [0, 0.05) is 21.0 Å². The van der Waals surface area contributed by atoms with Gasteiger partial charge in [0.05, 0.1) is 5.69 Å². The van der Waals surface area contributed by atoms with E-state index < -0.39 is 0 Å². The summed E-state index contributed by atoms with van der Waals surface area (Å²) < 4.78 is 1.15. The third kappa shape index (κ3) is 3.48. The largest absolute Gasteiger partial charge is 0.309 e. The van der Waals surface area contributed by atoms with Gasteiger partial charge in [-0.1, -0.05) is 28.9 Å². The molecule has 1 aromatic carbocycles. The molecule has 1 aromatic heterocycles. The molecule has 0 spiro atoms. The van der Waals surface area contributed by atoms with Crippen molar-refractivity contribution in [2.75, 3.05) is 6.54 Å². The number of nitrogens with zero attached hydrogens (tertiary/aromatic N) is 1. The first-order chi connectivity index (χ1) is 9.52. The normalized spacial score (nSPS) is 12.7. The van der Waals surface area contributed by atoms with E-state index in [4.69, 9.17) is 4.98 Å². The van der Waals surface area contributed by atoms with Gasteiger partial charge in [0.15, 0.2) is 0 Å². The number of rotatable bonds is 5. The van der Waals surface area contributed by atoms with Crippen LogP contribution in [-0.2, 0) is 0 Å². The molecule has 0 radical (unpaired) electrons. The van der Waals surface area contributed by atoms with Crippen LogP contribution in [0.15, 0.2) is 22.7 Å². The standard InChI is InChI=1S/C16H21BrN2S/c1-5-8-18-11(3)15-12(4)19-16(20-15)13-6-7-14(17)10(2)9-13/h6-7,9,11,18H,5,8H2,1-4H3. The summed E-state index contributed by atoms with van der Waals surface area (Å²) in [4.78, 5) is 6.09. The van der Waals surface area contributed by atoms with Gasteiger partial charge in [-0.05, 0) is 51.4 Å². The van der Waals surface area contributed by atoms with Gasteiger partial charge in [0.2, 0.25) is 0 Å². The van der Waals surface area contributed by atoms with Gasteiger partial charge >= 0.3 is 0 Å². The number of halogens is 1. The minimum Gasteiger partial charge on any atom is -0.309 e.